The maximum absolute atomic E-state index is 13.1. The lowest BCUT2D eigenvalue weighted by atomic mass is 9.62. The summed E-state index contributed by atoms with van der Waals surface area (Å²) < 4.78 is 13.1. The summed E-state index contributed by atoms with van der Waals surface area (Å²) in [6, 6.07) is 6.35. The van der Waals surface area contributed by atoms with Gasteiger partial charge in [0.15, 0.2) is 0 Å². The first-order valence-corrected chi connectivity index (χ1v) is 6.67. The lowest BCUT2D eigenvalue weighted by Crippen LogP contribution is -2.53. The van der Waals surface area contributed by atoms with E-state index in [9.17, 15) is 9.18 Å². The number of nitrogens with two attached hydrogens (primary N) is 1. The number of halogens is 1. The van der Waals surface area contributed by atoms with Gasteiger partial charge >= 0.3 is 0 Å². The Morgan fingerprint density at radius 3 is 2.74 bits per heavy atom. The van der Waals surface area contributed by atoms with Gasteiger partial charge in [-0.1, -0.05) is 19.1 Å². The Labute approximate surface area is 113 Å². The number of carbonyl (C=O) groups excluding carboxylic acids is 1. The molecule has 0 spiro atoms. The minimum Gasteiger partial charge on any atom is -0.341 e. The number of amides is 1. The predicted molar refractivity (Wildman–Crippen MR) is 72.8 cm³/mol. The summed E-state index contributed by atoms with van der Waals surface area (Å²) in [6.07, 6.45) is 1.71. The number of benzene rings is 1. The molecule has 0 aromatic heterocycles. The molecule has 4 heteroatoms. The van der Waals surface area contributed by atoms with Crippen LogP contribution in [0.4, 0.5) is 4.39 Å². The van der Waals surface area contributed by atoms with Gasteiger partial charge < -0.3 is 10.6 Å². The van der Waals surface area contributed by atoms with Crippen molar-refractivity contribution in [3.63, 3.8) is 0 Å². The summed E-state index contributed by atoms with van der Waals surface area (Å²) in [7, 11) is 1.76. The zero-order valence-electron chi connectivity index (χ0n) is 11.5. The van der Waals surface area contributed by atoms with Crippen LogP contribution in [0, 0.1) is 17.2 Å². The first kappa shape index (κ1) is 14.0. The van der Waals surface area contributed by atoms with Gasteiger partial charge in [-0.3, -0.25) is 4.79 Å². The molecular formula is C15H21FN2O. The maximum Gasteiger partial charge on any atom is 0.230 e. The van der Waals surface area contributed by atoms with Crippen molar-refractivity contribution in [2.75, 3.05) is 13.6 Å². The summed E-state index contributed by atoms with van der Waals surface area (Å²) in [5.74, 6) is 0.372. The van der Waals surface area contributed by atoms with Crippen molar-refractivity contribution in [1.82, 2.24) is 4.90 Å². The third-order valence-corrected chi connectivity index (χ3v) is 3.98. The molecule has 0 aliphatic heterocycles. The molecule has 0 radical (unpaired) electrons. The van der Waals surface area contributed by atoms with E-state index in [-0.39, 0.29) is 17.1 Å². The minimum atomic E-state index is -0.387. The van der Waals surface area contributed by atoms with Gasteiger partial charge in [-0.05, 0) is 36.5 Å². The highest BCUT2D eigenvalue weighted by molar-refractivity contribution is 5.83. The second-order valence-electron chi connectivity index (χ2n) is 5.79. The van der Waals surface area contributed by atoms with Gasteiger partial charge in [0.05, 0.1) is 5.41 Å². The molecule has 19 heavy (non-hydrogen) atoms. The Morgan fingerprint density at radius 1 is 1.53 bits per heavy atom. The number of rotatable bonds is 4. The Bertz CT molecular complexity index is 469. The van der Waals surface area contributed by atoms with Gasteiger partial charge in [0.1, 0.15) is 5.82 Å². The number of nitrogens with zero attached hydrogens (tertiary/aromatic N) is 1. The van der Waals surface area contributed by atoms with E-state index in [1.165, 1.54) is 12.1 Å². The minimum absolute atomic E-state index is 0.0809. The lowest BCUT2D eigenvalue weighted by Gasteiger charge is -2.46. The van der Waals surface area contributed by atoms with Crippen molar-refractivity contribution in [3.8, 4) is 0 Å². The van der Waals surface area contributed by atoms with E-state index in [0.29, 0.717) is 19.0 Å². The van der Waals surface area contributed by atoms with Gasteiger partial charge in [0.25, 0.3) is 0 Å². The second kappa shape index (κ2) is 5.29. The summed E-state index contributed by atoms with van der Waals surface area (Å²) in [5, 5.41) is 0. The smallest absolute Gasteiger partial charge is 0.230 e. The SMILES string of the molecule is CC1CC(CN)(C(=O)N(C)Cc2cccc(F)c2)C1. The molecule has 0 saturated heterocycles. The Balaban J connectivity index is 2.03. The first-order valence-electron chi connectivity index (χ1n) is 6.67. The van der Waals surface area contributed by atoms with Gasteiger partial charge in [0.2, 0.25) is 5.91 Å². The molecule has 1 amide bonds. The van der Waals surface area contributed by atoms with Crippen molar-refractivity contribution in [2.24, 2.45) is 17.1 Å². The zero-order valence-corrected chi connectivity index (χ0v) is 11.5. The summed E-state index contributed by atoms with van der Waals surface area (Å²) in [5.41, 5.74) is 6.19. The molecule has 3 nitrogen and oxygen atoms in total. The standard InChI is InChI=1S/C15H21FN2O/c1-11-7-15(8-11,10-17)14(19)18(2)9-12-4-3-5-13(16)6-12/h3-6,11H,7-10,17H2,1-2H3. The number of carbonyl (C=O) groups is 1. The third-order valence-electron chi connectivity index (χ3n) is 3.98. The van der Waals surface area contributed by atoms with Crippen LogP contribution >= 0.6 is 0 Å². The third kappa shape index (κ3) is 2.78. The van der Waals surface area contributed by atoms with Crippen LogP contribution < -0.4 is 5.73 Å². The van der Waals surface area contributed by atoms with E-state index in [1.807, 2.05) is 6.07 Å². The summed E-state index contributed by atoms with van der Waals surface area (Å²) in [6.45, 7) is 2.95. The molecule has 0 atom stereocenters. The van der Waals surface area contributed by atoms with E-state index >= 15 is 0 Å². The van der Waals surface area contributed by atoms with Gasteiger partial charge in [-0.15, -0.1) is 0 Å². The fourth-order valence-electron chi connectivity index (χ4n) is 3.09. The Hall–Kier alpha value is -1.42. The zero-order chi connectivity index (χ0) is 14.0. The van der Waals surface area contributed by atoms with E-state index in [2.05, 4.69) is 6.92 Å². The highest BCUT2D eigenvalue weighted by Crippen LogP contribution is 2.45. The molecule has 1 fully saturated rings. The lowest BCUT2D eigenvalue weighted by molar-refractivity contribution is -0.148. The molecule has 0 unspecified atom stereocenters. The van der Waals surface area contributed by atoms with Crippen molar-refractivity contribution in [3.05, 3.63) is 35.6 Å². The van der Waals surface area contributed by atoms with Crippen molar-refractivity contribution >= 4 is 5.91 Å². The predicted octanol–water partition coefficient (Wildman–Crippen LogP) is 2.16. The fourth-order valence-corrected chi connectivity index (χ4v) is 3.09. The van der Waals surface area contributed by atoms with E-state index in [4.69, 9.17) is 5.73 Å². The van der Waals surface area contributed by atoms with E-state index in [0.717, 1.165) is 18.4 Å². The first-order chi connectivity index (χ1) is 8.97. The second-order valence-corrected chi connectivity index (χ2v) is 5.79. The molecule has 1 aliphatic carbocycles. The van der Waals surface area contributed by atoms with Crippen molar-refractivity contribution in [2.45, 2.75) is 26.3 Å². The highest BCUT2D eigenvalue weighted by atomic mass is 19.1. The van der Waals surface area contributed by atoms with Gasteiger partial charge in [-0.25, -0.2) is 4.39 Å². The summed E-state index contributed by atoms with van der Waals surface area (Å²) >= 11 is 0. The molecular weight excluding hydrogens is 243 g/mol. The van der Waals surface area contributed by atoms with Crippen LogP contribution in [0.5, 0.6) is 0 Å². The highest BCUT2D eigenvalue weighted by Gasteiger charge is 2.48. The van der Waals surface area contributed by atoms with Crippen molar-refractivity contribution < 1.29 is 9.18 Å². The Morgan fingerprint density at radius 2 is 2.21 bits per heavy atom. The number of hydrogen-bond donors (Lipinski definition) is 1. The normalized spacial score (nSPS) is 25.8. The molecule has 1 aromatic carbocycles. The average Bonchev–Trinajstić information content (AvgIpc) is 2.34. The van der Waals surface area contributed by atoms with Gasteiger partial charge in [-0.2, -0.15) is 0 Å². The molecule has 1 aliphatic rings. The molecule has 1 aromatic rings. The van der Waals surface area contributed by atoms with Crippen LogP contribution in [0.15, 0.2) is 24.3 Å². The van der Waals surface area contributed by atoms with Crippen LogP contribution in [0.25, 0.3) is 0 Å². The number of hydrogen-bond acceptors (Lipinski definition) is 2. The Kier molecular flexibility index (Phi) is 3.90. The van der Waals surface area contributed by atoms with Crippen LogP contribution in [0.3, 0.4) is 0 Å². The van der Waals surface area contributed by atoms with E-state index in [1.54, 1.807) is 18.0 Å². The van der Waals surface area contributed by atoms with Crippen LogP contribution in [0.2, 0.25) is 0 Å². The maximum atomic E-state index is 13.1. The average molecular weight is 264 g/mol. The van der Waals surface area contributed by atoms with Crippen molar-refractivity contribution in [1.29, 1.82) is 0 Å². The molecule has 0 bridgehead atoms. The van der Waals surface area contributed by atoms with Crippen LogP contribution in [0.1, 0.15) is 25.3 Å². The quantitative estimate of drug-likeness (QED) is 0.906. The molecule has 1 saturated carbocycles. The van der Waals surface area contributed by atoms with E-state index < -0.39 is 0 Å². The monoisotopic (exact) mass is 264 g/mol. The van der Waals surface area contributed by atoms with Crippen LogP contribution in [-0.2, 0) is 11.3 Å². The molecule has 104 valence electrons. The van der Waals surface area contributed by atoms with Gasteiger partial charge in [0, 0.05) is 20.1 Å². The molecule has 2 N–H and O–H groups in total. The largest absolute Gasteiger partial charge is 0.341 e. The topological polar surface area (TPSA) is 46.3 Å². The molecule has 2 rings (SSSR count). The summed E-state index contributed by atoms with van der Waals surface area (Å²) in [4.78, 5) is 14.1. The van der Waals surface area contributed by atoms with Crippen LogP contribution in [-0.4, -0.2) is 24.4 Å². The molecule has 0 heterocycles. The fraction of sp³-hybridized carbons (Fsp3) is 0.533.